The SMILES string of the molecule is O=C(c1ccc(F)c(Cl)c1Cl)N1CCc2c(ncnc2-c2ccn[nH]2)C1. The predicted molar refractivity (Wildman–Crippen MR) is 94.5 cm³/mol. The summed E-state index contributed by atoms with van der Waals surface area (Å²) in [4.78, 5) is 23.1. The van der Waals surface area contributed by atoms with Crippen LogP contribution in [0.4, 0.5) is 4.39 Å². The summed E-state index contributed by atoms with van der Waals surface area (Å²) >= 11 is 11.9. The lowest BCUT2D eigenvalue weighted by molar-refractivity contribution is 0.0732. The zero-order chi connectivity index (χ0) is 18.3. The molecule has 132 valence electrons. The third kappa shape index (κ3) is 2.83. The third-order valence-corrected chi connectivity index (χ3v) is 5.17. The van der Waals surface area contributed by atoms with Crippen molar-refractivity contribution < 1.29 is 9.18 Å². The third-order valence-electron chi connectivity index (χ3n) is 4.32. The summed E-state index contributed by atoms with van der Waals surface area (Å²) in [5.41, 5.74) is 3.49. The second-order valence-electron chi connectivity index (χ2n) is 5.82. The van der Waals surface area contributed by atoms with E-state index in [0.717, 1.165) is 28.7 Å². The Balaban J connectivity index is 1.64. The van der Waals surface area contributed by atoms with Crippen molar-refractivity contribution in [1.29, 1.82) is 0 Å². The topological polar surface area (TPSA) is 74.8 Å². The summed E-state index contributed by atoms with van der Waals surface area (Å²) in [5, 5.41) is 6.51. The molecule has 0 saturated heterocycles. The number of H-pyrrole nitrogens is 1. The molecule has 0 aliphatic carbocycles. The predicted octanol–water partition coefficient (Wildman–Crippen LogP) is 3.51. The maximum atomic E-state index is 13.5. The molecule has 1 aliphatic heterocycles. The molecule has 0 unspecified atom stereocenters. The Kier molecular flexibility index (Phi) is 4.34. The van der Waals surface area contributed by atoms with Crippen molar-refractivity contribution in [2.45, 2.75) is 13.0 Å². The molecular weight excluding hydrogens is 380 g/mol. The van der Waals surface area contributed by atoms with Gasteiger partial charge in [0, 0.05) is 18.3 Å². The number of hydrogen-bond acceptors (Lipinski definition) is 4. The Morgan fingerprint density at radius 2 is 2.04 bits per heavy atom. The number of nitrogens with zero attached hydrogens (tertiary/aromatic N) is 4. The number of carbonyl (C=O) groups excluding carboxylic acids is 1. The number of nitrogens with one attached hydrogen (secondary N) is 1. The monoisotopic (exact) mass is 391 g/mol. The Morgan fingerprint density at radius 1 is 1.19 bits per heavy atom. The molecule has 4 rings (SSSR count). The molecule has 6 nitrogen and oxygen atoms in total. The molecule has 0 spiro atoms. The fraction of sp³-hybridized carbons (Fsp3) is 0.176. The van der Waals surface area contributed by atoms with E-state index in [2.05, 4.69) is 20.2 Å². The van der Waals surface area contributed by atoms with Crippen LogP contribution in [-0.2, 0) is 13.0 Å². The minimum atomic E-state index is -0.658. The van der Waals surface area contributed by atoms with E-state index in [4.69, 9.17) is 23.2 Å². The van der Waals surface area contributed by atoms with Crippen molar-refractivity contribution in [3.8, 4) is 11.4 Å². The van der Waals surface area contributed by atoms with Crippen LogP contribution >= 0.6 is 23.2 Å². The molecular formula is C17H12Cl2FN5O. The van der Waals surface area contributed by atoms with Crippen LogP contribution in [0.1, 0.15) is 21.6 Å². The zero-order valence-electron chi connectivity index (χ0n) is 13.3. The number of aromatic amines is 1. The molecule has 1 N–H and O–H groups in total. The molecule has 1 aromatic carbocycles. The van der Waals surface area contributed by atoms with Crippen LogP contribution in [0.15, 0.2) is 30.7 Å². The van der Waals surface area contributed by atoms with Crippen molar-refractivity contribution in [2.75, 3.05) is 6.54 Å². The van der Waals surface area contributed by atoms with Crippen LogP contribution in [0.2, 0.25) is 10.0 Å². The van der Waals surface area contributed by atoms with Gasteiger partial charge in [-0.05, 0) is 24.6 Å². The van der Waals surface area contributed by atoms with E-state index in [0.29, 0.717) is 19.5 Å². The number of halogens is 3. The maximum Gasteiger partial charge on any atom is 0.255 e. The first kappa shape index (κ1) is 16.9. The lowest BCUT2D eigenvalue weighted by Crippen LogP contribution is -2.37. The van der Waals surface area contributed by atoms with E-state index in [9.17, 15) is 9.18 Å². The van der Waals surface area contributed by atoms with Crippen molar-refractivity contribution in [3.05, 3.63) is 63.4 Å². The standard InChI is InChI=1S/C17H12Cl2FN5O/c18-14-10(1-2-11(20)15(14)19)17(26)25-6-4-9-13(7-25)21-8-22-16(9)12-3-5-23-24-12/h1-3,5,8H,4,6-7H2,(H,23,24). The highest BCUT2D eigenvalue weighted by atomic mass is 35.5. The minimum Gasteiger partial charge on any atom is -0.332 e. The van der Waals surface area contributed by atoms with Crippen molar-refractivity contribution in [1.82, 2.24) is 25.1 Å². The first-order chi connectivity index (χ1) is 12.6. The molecule has 0 atom stereocenters. The van der Waals surface area contributed by atoms with E-state index in [1.807, 2.05) is 6.07 Å². The van der Waals surface area contributed by atoms with E-state index in [1.54, 1.807) is 11.1 Å². The van der Waals surface area contributed by atoms with Crippen LogP contribution in [0.25, 0.3) is 11.4 Å². The Bertz CT molecular complexity index is 993. The molecule has 3 aromatic rings. The van der Waals surface area contributed by atoms with Gasteiger partial charge in [0.25, 0.3) is 5.91 Å². The fourth-order valence-corrected chi connectivity index (χ4v) is 3.41. The summed E-state index contributed by atoms with van der Waals surface area (Å²) < 4.78 is 13.5. The zero-order valence-corrected chi connectivity index (χ0v) is 14.9. The molecule has 9 heteroatoms. The van der Waals surface area contributed by atoms with Gasteiger partial charge < -0.3 is 4.90 Å². The van der Waals surface area contributed by atoms with Gasteiger partial charge in [0.1, 0.15) is 12.1 Å². The normalized spacial score (nSPS) is 13.6. The second kappa shape index (κ2) is 6.66. The van der Waals surface area contributed by atoms with Crippen molar-refractivity contribution in [3.63, 3.8) is 0 Å². The first-order valence-corrected chi connectivity index (χ1v) is 8.57. The van der Waals surface area contributed by atoms with Gasteiger partial charge in [-0.1, -0.05) is 23.2 Å². The van der Waals surface area contributed by atoms with Gasteiger partial charge >= 0.3 is 0 Å². The summed E-state index contributed by atoms with van der Waals surface area (Å²) in [7, 11) is 0. The Morgan fingerprint density at radius 3 is 2.81 bits per heavy atom. The molecule has 1 amide bonds. The number of rotatable bonds is 2. The summed E-state index contributed by atoms with van der Waals surface area (Å²) in [5.74, 6) is -0.974. The maximum absolute atomic E-state index is 13.5. The average Bonchev–Trinajstić information content (AvgIpc) is 3.19. The Hall–Kier alpha value is -2.51. The molecule has 0 saturated carbocycles. The van der Waals surface area contributed by atoms with E-state index < -0.39 is 5.82 Å². The van der Waals surface area contributed by atoms with E-state index >= 15 is 0 Å². The molecule has 1 aliphatic rings. The summed E-state index contributed by atoms with van der Waals surface area (Å²) in [6, 6.07) is 4.32. The van der Waals surface area contributed by atoms with Gasteiger partial charge in [0.05, 0.1) is 39.2 Å². The first-order valence-electron chi connectivity index (χ1n) is 7.81. The van der Waals surface area contributed by atoms with Crippen molar-refractivity contribution >= 4 is 29.1 Å². The smallest absolute Gasteiger partial charge is 0.255 e. The van der Waals surface area contributed by atoms with Crippen LogP contribution in [0.5, 0.6) is 0 Å². The highest BCUT2D eigenvalue weighted by molar-refractivity contribution is 6.43. The molecule has 0 fully saturated rings. The van der Waals surface area contributed by atoms with Crippen LogP contribution in [0, 0.1) is 5.82 Å². The molecule has 2 aromatic heterocycles. The number of benzene rings is 1. The Labute approximate surface area is 158 Å². The molecule has 3 heterocycles. The van der Waals surface area contributed by atoms with Crippen LogP contribution in [0.3, 0.4) is 0 Å². The summed E-state index contributed by atoms with van der Waals surface area (Å²) in [6.45, 7) is 0.773. The number of fused-ring (bicyclic) bond motifs is 1. The average molecular weight is 392 g/mol. The van der Waals surface area contributed by atoms with Gasteiger partial charge in [0.2, 0.25) is 0 Å². The largest absolute Gasteiger partial charge is 0.332 e. The van der Waals surface area contributed by atoms with Crippen LogP contribution in [-0.4, -0.2) is 37.5 Å². The molecule has 0 bridgehead atoms. The summed E-state index contributed by atoms with van der Waals surface area (Å²) in [6.07, 6.45) is 3.70. The highest BCUT2D eigenvalue weighted by Gasteiger charge is 2.27. The van der Waals surface area contributed by atoms with E-state index in [-0.39, 0.29) is 21.5 Å². The van der Waals surface area contributed by atoms with Gasteiger partial charge in [-0.25, -0.2) is 14.4 Å². The highest BCUT2D eigenvalue weighted by Crippen LogP contribution is 2.31. The van der Waals surface area contributed by atoms with Gasteiger partial charge in [-0.15, -0.1) is 0 Å². The lowest BCUT2D eigenvalue weighted by atomic mass is 10.0. The van der Waals surface area contributed by atoms with Gasteiger partial charge in [-0.2, -0.15) is 5.10 Å². The number of amides is 1. The van der Waals surface area contributed by atoms with Crippen molar-refractivity contribution in [2.24, 2.45) is 0 Å². The number of hydrogen-bond donors (Lipinski definition) is 1. The minimum absolute atomic E-state index is 0.0803. The fourth-order valence-electron chi connectivity index (χ4n) is 3.01. The molecule has 26 heavy (non-hydrogen) atoms. The second-order valence-corrected chi connectivity index (χ2v) is 6.57. The molecule has 0 radical (unpaired) electrons. The quantitative estimate of drug-likeness (QED) is 0.678. The van der Waals surface area contributed by atoms with Gasteiger partial charge in [0.15, 0.2) is 0 Å². The number of carbonyl (C=O) groups is 1. The van der Waals surface area contributed by atoms with E-state index in [1.165, 1.54) is 12.4 Å². The van der Waals surface area contributed by atoms with Gasteiger partial charge in [-0.3, -0.25) is 9.89 Å². The lowest BCUT2D eigenvalue weighted by Gasteiger charge is -2.29. The van der Waals surface area contributed by atoms with Crippen LogP contribution < -0.4 is 0 Å². The number of aromatic nitrogens is 4.